The lowest BCUT2D eigenvalue weighted by molar-refractivity contribution is 0.0953. The minimum Gasteiger partial charge on any atom is -0.351 e. The van der Waals surface area contributed by atoms with E-state index in [1.165, 1.54) is 0 Å². The fourth-order valence-electron chi connectivity index (χ4n) is 2.52. The zero-order valence-electron chi connectivity index (χ0n) is 14.0. The molecule has 7 heteroatoms. The Morgan fingerprint density at radius 1 is 1.17 bits per heavy atom. The molecule has 0 aliphatic heterocycles. The van der Waals surface area contributed by atoms with Crippen LogP contribution in [-0.4, -0.2) is 37.0 Å². The van der Waals surface area contributed by atoms with Crippen molar-refractivity contribution >= 4 is 5.91 Å². The third kappa shape index (κ3) is 3.05. The summed E-state index contributed by atoms with van der Waals surface area (Å²) in [6, 6.07) is 9.92. The zero-order chi connectivity index (χ0) is 17.1. The normalized spacial score (nSPS) is 10.8. The number of amides is 1. The molecule has 1 aromatic carbocycles. The molecule has 24 heavy (non-hydrogen) atoms. The second-order valence-corrected chi connectivity index (χ2v) is 5.64. The van der Waals surface area contributed by atoms with Gasteiger partial charge >= 0.3 is 0 Å². The van der Waals surface area contributed by atoms with Gasteiger partial charge in [0.05, 0.1) is 11.8 Å². The van der Waals surface area contributed by atoms with Crippen LogP contribution < -0.4 is 5.32 Å². The summed E-state index contributed by atoms with van der Waals surface area (Å²) < 4.78 is 3.64. The monoisotopic (exact) mass is 324 g/mol. The summed E-state index contributed by atoms with van der Waals surface area (Å²) in [6.07, 6.45) is 2.20. The molecule has 2 heterocycles. The average Bonchev–Trinajstić information content (AvgIpc) is 3.12. The predicted octanol–water partition coefficient (Wildman–Crippen LogP) is 1.50. The molecule has 3 aromatic rings. The standard InChI is InChI=1S/C17H20N6O/c1-12-14(11-19-23(12)3)17(24)18-10-9-15-20-21-16(22(15)2)13-7-5-4-6-8-13/h4-8,11H,9-10H2,1-3H3,(H,18,24). The van der Waals surface area contributed by atoms with Gasteiger partial charge in [0.25, 0.3) is 5.91 Å². The Labute approximate surface area is 140 Å². The number of nitrogens with zero attached hydrogens (tertiary/aromatic N) is 5. The molecule has 0 atom stereocenters. The minimum absolute atomic E-state index is 0.119. The lowest BCUT2D eigenvalue weighted by Gasteiger charge is -2.06. The van der Waals surface area contributed by atoms with Crippen LogP contribution in [0.2, 0.25) is 0 Å². The Hall–Kier alpha value is -2.96. The molecule has 124 valence electrons. The second kappa shape index (κ2) is 6.66. The molecule has 0 aliphatic rings. The summed E-state index contributed by atoms with van der Waals surface area (Å²) in [7, 11) is 3.75. The molecular formula is C17H20N6O. The highest BCUT2D eigenvalue weighted by Gasteiger charge is 2.14. The van der Waals surface area contributed by atoms with Crippen molar-refractivity contribution in [2.24, 2.45) is 14.1 Å². The number of benzene rings is 1. The van der Waals surface area contributed by atoms with E-state index in [1.54, 1.807) is 10.9 Å². The van der Waals surface area contributed by atoms with Crippen LogP contribution in [-0.2, 0) is 20.5 Å². The van der Waals surface area contributed by atoms with Gasteiger partial charge in [-0.2, -0.15) is 5.10 Å². The molecular weight excluding hydrogens is 304 g/mol. The van der Waals surface area contributed by atoms with E-state index in [1.807, 2.05) is 55.9 Å². The lowest BCUT2D eigenvalue weighted by atomic mass is 10.2. The number of carbonyl (C=O) groups excluding carboxylic acids is 1. The van der Waals surface area contributed by atoms with Crippen LogP contribution in [0.3, 0.4) is 0 Å². The van der Waals surface area contributed by atoms with Gasteiger partial charge in [-0.05, 0) is 6.92 Å². The first kappa shape index (κ1) is 15.9. The topological polar surface area (TPSA) is 77.6 Å². The number of hydrogen-bond acceptors (Lipinski definition) is 4. The highest BCUT2D eigenvalue weighted by molar-refractivity contribution is 5.94. The van der Waals surface area contributed by atoms with Gasteiger partial charge < -0.3 is 9.88 Å². The average molecular weight is 324 g/mol. The van der Waals surface area contributed by atoms with Gasteiger partial charge in [0.2, 0.25) is 0 Å². The van der Waals surface area contributed by atoms with Gasteiger partial charge in [0, 0.05) is 38.3 Å². The van der Waals surface area contributed by atoms with Crippen LogP contribution in [0, 0.1) is 6.92 Å². The first-order valence-electron chi connectivity index (χ1n) is 7.78. The van der Waals surface area contributed by atoms with E-state index in [0.29, 0.717) is 18.5 Å². The van der Waals surface area contributed by atoms with E-state index < -0.39 is 0 Å². The van der Waals surface area contributed by atoms with Crippen molar-refractivity contribution in [1.82, 2.24) is 29.9 Å². The van der Waals surface area contributed by atoms with Crippen LogP contribution in [0.1, 0.15) is 21.9 Å². The van der Waals surface area contributed by atoms with Crippen molar-refractivity contribution in [1.29, 1.82) is 0 Å². The van der Waals surface area contributed by atoms with Crippen molar-refractivity contribution in [3.8, 4) is 11.4 Å². The highest BCUT2D eigenvalue weighted by atomic mass is 16.1. The van der Waals surface area contributed by atoms with E-state index in [0.717, 1.165) is 22.9 Å². The zero-order valence-corrected chi connectivity index (χ0v) is 14.0. The van der Waals surface area contributed by atoms with Crippen molar-refractivity contribution in [2.45, 2.75) is 13.3 Å². The van der Waals surface area contributed by atoms with Crippen LogP contribution in [0.25, 0.3) is 11.4 Å². The largest absolute Gasteiger partial charge is 0.351 e. The summed E-state index contributed by atoms with van der Waals surface area (Å²) in [4.78, 5) is 12.2. The highest BCUT2D eigenvalue weighted by Crippen LogP contribution is 2.16. The van der Waals surface area contributed by atoms with Crippen LogP contribution >= 0.6 is 0 Å². The van der Waals surface area contributed by atoms with Crippen LogP contribution in [0.5, 0.6) is 0 Å². The maximum Gasteiger partial charge on any atom is 0.254 e. The van der Waals surface area contributed by atoms with E-state index >= 15 is 0 Å². The number of aromatic nitrogens is 5. The van der Waals surface area contributed by atoms with Gasteiger partial charge in [0.15, 0.2) is 5.82 Å². The first-order chi connectivity index (χ1) is 11.6. The Kier molecular flexibility index (Phi) is 4.41. The molecule has 7 nitrogen and oxygen atoms in total. The van der Waals surface area contributed by atoms with E-state index in [2.05, 4.69) is 20.6 Å². The summed E-state index contributed by atoms with van der Waals surface area (Å²) in [5, 5.41) is 15.5. The fraction of sp³-hybridized carbons (Fsp3) is 0.294. The Morgan fingerprint density at radius 2 is 1.92 bits per heavy atom. The molecule has 0 saturated heterocycles. The molecule has 0 bridgehead atoms. The third-order valence-corrected chi connectivity index (χ3v) is 4.11. The number of nitrogens with one attached hydrogen (secondary N) is 1. The molecule has 0 aliphatic carbocycles. The van der Waals surface area contributed by atoms with Crippen molar-refractivity contribution in [3.05, 3.63) is 53.6 Å². The van der Waals surface area contributed by atoms with E-state index in [4.69, 9.17) is 0 Å². The Balaban J connectivity index is 1.63. The van der Waals surface area contributed by atoms with Gasteiger partial charge in [-0.3, -0.25) is 9.48 Å². The SMILES string of the molecule is Cc1c(C(=O)NCCc2nnc(-c3ccccc3)n2C)cnn1C. The van der Waals surface area contributed by atoms with E-state index in [9.17, 15) is 4.79 Å². The van der Waals surface area contributed by atoms with Crippen LogP contribution in [0.4, 0.5) is 0 Å². The van der Waals surface area contributed by atoms with Crippen molar-refractivity contribution < 1.29 is 4.79 Å². The Morgan fingerprint density at radius 3 is 2.58 bits per heavy atom. The second-order valence-electron chi connectivity index (χ2n) is 5.64. The lowest BCUT2D eigenvalue weighted by Crippen LogP contribution is -2.26. The minimum atomic E-state index is -0.119. The molecule has 1 amide bonds. The summed E-state index contributed by atoms with van der Waals surface area (Å²) in [5.41, 5.74) is 2.46. The molecule has 2 aromatic heterocycles. The summed E-state index contributed by atoms with van der Waals surface area (Å²) in [5.74, 6) is 1.53. The maximum atomic E-state index is 12.2. The number of rotatable bonds is 5. The quantitative estimate of drug-likeness (QED) is 0.771. The number of carbonyl (C=O) groups is 1. The molecule has 1 N–H and O–H groups in total. The molecule has 0 fully saturated rings. The van der Waals surface area contributed by atoms with Crippen molar-refractivity contribution in [3.63, 3.8) is 0 Å². The van der Waals surface area contributed by atoms with Crippen molar-refractivity contribution in [2.75, 3.05) is 6.54 Å². The third-order valence-electron chi connectivity index (χ3n) is 4.11. The smallest absolute Gasteiger partial charge is 0.254 e. The molecule has 0 radical (unpaired) electrons. The molecule has 0 unspecified atom stereocenters. The summed E-state index contributed by atoms with van der Waals surface area (Å²) >= 11 is 0. The Bertz CT molecular complexity index is 849. The van der Waals surface area contributed by atoms with E-state index in [-0.39, 0.29) is 5.91 Å². The first-order valence-corrected chi connectivity index (χ1v) is 7.78. The van der Waals surface area contributed by atoms with Gasteiger partial charge in [-0.1, -0.05) is 30.3 Å². The fourth-order valence-corrected chi connectivity index (χ4v) is 2.52. The van der Waals surface area contributed by atoms with Crippen LogP contribution in [0.15, 0.2) is 36.5 Å². The van der Waals surface area contributed by atoms with Gasteiger partial charge in [0.1, 0.15) is 5.82 Å². The summed E-state index contributed by atoms with van der Waals surface area (Å²) in [6.45, 7) is 2.37. The molecule has 0 spiro atoms. The molecule has 3 rings (SSSR count). The molecule has 0 saturated carbocycles. The number of aryl methyl sites for hydroxylation is 1. The van der Waals surface area contributed by atoms with Gasteiger partial charge in [-0.15, -0.1) is 10.2 Å². The van der Waals surface area contributed by atoms with Gasteiger partial charge in [-0.25, -0.2) is 0 Å². The maximum absolute atomic E-state index is 12.2. The number of hydrogen-bond donors (Lipinski definition) is 1. The predicted molar refractivity (Wildman–Crippen MR) is 90.4 cm³/mol.